The Morgan fingerprint density at radius 2 is 0.537 bits per heavy atom. The van der Waals surface area contributed by atoms with Crippen LogP contribution in [0.1, 0.15) is 329 Å². The number of unbranched alkanes of at least 4 members (excludes halogenated alkanes) is 40. The normalized spacial score (nSPS) is 12.1. The number of ether oxygens (including phenoxy) is 3. The number of allylic oxidation sites excluding steroid dienone is 4. The van der Waals surface area contributed by atoms with Gasteiger partial charge in [0, 0.05) is 19.3 Å². The number of hydrogen-bond donors (Lipinski definition) is 0. The minimum Gasteiger partial charge on any atom is -0.462 e. The second-order valence-corrected chi connectivity index (χ2v) is 20.3. The standard InChI is InChI=1S/C61H114O6/c1-4-7-10-13-16-19-21-23-25-27-29-30-32-33-35-37-39-42-45-48-51-54-60(63)66-57-58(56-65-59(62)53-50-47-44-41-18-15-12-9-6-3)67-61(64)55-52-49-46-43-40-38-36-34-31-28-26-24-22-20-17-14-11-8-5-2/h21,23,27,29,58H,4-20,22,24-26,28,30-57H2,1-3H3/b23-21-,29-27-. The van der Waals surface area contributed by atoms with Crippen LogP contribution < -0.4 is 0 Å². The molecule has 0 bridgehead atoms. The van der Waals surface area contributed by atoms with Crippen molar-refractivity contribution in [2.75, 3.05) is 13.2 Å². The van der Waals surface area contributed by atoms with Gasteiger partial charge in [-0.15, -0.1) is 0 Å². The van der Waals surface area contributed by atoms with E-state index in [-0.39, 0.29) is 31.1 Å². The highest BCUT2D eigenvalue weighted by atomic mass is 16.6. The van der Waals surface area contributed by atoms with Crippen molar-refractivity contribution in [2.45, 2.75) is 335 Å². The molecule has 0 aliphatic heterocycles. The van der Waals surface area contributed by atoms with Gasteiger partial charge in [-0.25, -0.2) is 0 Å². The van der Waals surface area contributed by atoms with Crippen LogP contribution in [0.15, 0.2) is 24.3 Å². The second-order valence-electron chi connectivity index (χ2n) is 20.3. The molecular weight excluding hydrogens is 829 g/mol. The molecule has 1 atom stereocenters. The van der Waals surface area contributed by atoms with Crippen LogP contribution in [0.25, 0.3) is 0 Å². The van der Waals surface area contributed by atoms with Crippen molar-refractivity contribution < 1.29 is 28.6 Å². The van der Waals surface area contributed by atoms with Gasteiger partial charge in [0.2, 0.25) is 0 Å². The smallest absolute Gasteiger partial charge is 0.306 e. The Labute approximate surface area is 417 Å². The molecule has 0 aliphatic rings. The molecule has 6 heteroatoms. The Bertz CT molecular complexity index is 1080. The third kappa shape index (κ3) is 54.7. The SMILES string of the molecule is CCCCCCC/C=C\C/C=C\CCCCCCCCCCCC(=O)OCC(COC(=O)CCCCCCCCCCC)OC(=O)CCCCCCCCCCCCCCCCCCCCC. The van der Waals surface area contributed by atoms with E-state index in [1.54, 1.807) is 0 Å². The molecule has 0 aromatic carbocycles. The summed E-state index contributed by atoms with van der Waals surface area (Å²) in [6, 6.07) is 0. The minimum absolute atomic E-state index is 0.0673. The van der Waals surface area contributed by atoms with Crippen LogP contribution in [0, 0.1) is 0 Å². The number of hydrogen-bond acceptors (Lipinski definition) is 6. The van der Waals surface area contributed by atoms with E-state index >= 15 is 0 Å². The van der Waals surface area contributed by atoms with Gasteiger partial charge in [-0.3, -0.25) is 14.4 Å². The van der Waals surface area contributed by atoms with E-state index in [1.165, 1.54) is 225 Å². The Kier molecular flexibility index (Phi) is 54.7. The van der Waals surface area contributed by atoms with E-state index in [2.05, 4.69) is 45.1 Å². The predicted molar refractivity (Wildman–Crippen MR) is 289 cm³/mol. The molecule has 0 fully saturated rings. The van der Waals surface area contributed by atoms with E-state index in [1.807, 2.05) is 0 Å². The van der Waals surface area contributed by atoms with Crippen molar-refractivity contribution >= 4 is 17.9 Å². The quantitative estimate of drug-likeness (QED) is 0.0262. The molecule has 0 saturated heterocycles. The molecule has 0 N–H and O–H groups in total. The van der Waals surface area contributed by atoms with E-state index < -0.39 is 6.10 Å². The fourth-order valence-electron chi connectivity index (χ4n) is 8.95. The zero-order chi connectivity index (χ0) is 48.6. The first-order valence-corrected chi connectivity index (χ1v) is 29.8. The summed E-state index contributed by atoms with van der Waals surface area (Å²) >= 11 is 0. The molecule has 0 aromatic rings. The highest BCUT2D eigenvalue weighted by molar-refractivity contribution is 5.71. The zero-order valence-corrected chi connectivity index (χ0v) is 45.2. The van der Waals surface area contributed by atoms with Gasteiger partial charge in [0.05, 0.1) is 0 Å². The molecule has 0 aromatic heterocycles. The van der Waals surface area contributed by atoms with Crippen LogP contribution in [0.2, 0.25) is 0 Å². The highest BCUT2D eigenvalue weighted by Gasteiger charge is 2.19. The summed E-state index contributed by atoms with van der Waals surface area (Å²) in [5.74, 6) is -0.852. The Morgan fingerprint density at radius 1 is 0.299 bits per heavy atom. The van der Waals surface area contributed by atoms with E-state index in [0.717, 1.165) is 64.2 Å². The maximum absolute atomic E-state index is 12.8. The van der Waals surface area contributed by atoms with Crippen LogP contribution in [-0.2, 0) is 28.6 Å². The zero-order valence-electron chi connectivity index (χ0n) is 45.2. The molecule has 0 radical (unpaired) electrons. The van der Waals surface area contributed by atoms with Crippen LogP contribution >= 0.6 is 0 Å². The topological polar surface area (TPSA) is 78.9 Å². The van der Waals surface area contributed by atoms with Crippen molar-refractivity contribution in [1.29, 1.82) is 0 Å². The molecule has 1 unspecified atom stereocenters. The van der Waals surface area contributed by atoms with Gasteiger partial charge in [-0.05, 0) is 51.4 Å². The summed E-state index contributed by atoms with van der Waals surface area (Å²) in [6.07, 6.45) is 66.1. The maximum atomic E-state index is 12.8. The van der Waals surface area contributed by atoms with Gasteiger partial charge < -0.3 is 14.2 Å². The molecule has 394 valence electrons. The van der Waals surface area contributed by atoms with Gasteiger partial charge in [-0.2, -0.15) is 0 Å². The van der Waals surface area contributed by atoms with Crippen LogP contribution in [-0.4, -0.2) is 37.2 Å². The number of carbonyl (C=O) groups is 3. The first kappa shape index (κ1) is 64.9. The monoisotopic (exact) mass is 943 g/mol. The summed E-state index contributed by atoms with van der Waals surface area (Å²) < 4.78 is 16.9. The van der Waals surface area contributed by atoms with Crippen LogP contribution in [0.3, 0.4) is 0 Å². The lowest BCUT2D eigenvalue weighted by molar-refractivity contribution is -0.167. The average molecular weight is 944 g/mol. The summed E-state index contributed by atoms with van der Waals surface area (Å²) in [5.41, 5.74) is 0. The number of esters is 3. The fraction of sp³-hybridized carbons (Fsp3) is 0.885. The lowest BCUT2D eigenvalue weighted by Crippen LogP contribution is -2.30. The van der Waals surface area contributed by atoms with E-state index in [9.17, 15) is 14.4 Å². The predicted octanol–water partition coefficient (Wildman–Crippen LogP) is 19.9. The Morgan fingerprint density at radius 3 is 0.821 bits per heavy atom. The maximum Gasteiger partial charge on any atom is 0.306 e. The largest absolute Gasteiger partial charge is 0.462 e. The Hall–Kier alpha value is -2.11. The molecule has 0 rings (SSSR count). The van der Waals surface area contributed by atoms with Crippen molar-refractivity contribution in [1.82, 2.24) is 0 Å². The molecule has 6 nitrogen and oxygen atoms in total. The first-order chi connectivity index (χ1) is 33.0. The lowest BCUT2D eigenvalue weighted by Gasteiger charge is -2.18. The van der Waals surface area contributed by atoms with Gasteiger partial charge in [-0.1, -0.05) is 283 Å². The van der Waals surface area contributed by atoms with Crippen LogP contribution in [0.5, 0.6) is 0 Å². The van der Waals surface area contributed by atoms with E-state index in [0.29, 0.717) is 19.3 Å². The molecule has 0 aliphatic carbocycles. The third-order valence-electron chi connectivity index (χ3n) is 13.5. The van der Waals surface area contributed by atoms with Gasteiger partial charge in [0.25, 0.3) is 0 Å². The molecule has 0 spiro atoms. The molecule has 67 heavy (non-hydrogen) atoms. The Balaban J connectivity index is 4.21. The van der Waals surface area contributed by atoms with Crippen molar-refractivity contribution in [3.8, 4) is 0 Å². The van der Waals surface area contributed by atoms with Gasteiger partial charge >= 0.3 is 17.9 Å². The van der Waals surface area contributed by atoms with Crippen molar-refractivity contribution in [3.63, 3.8) is 0 Å². The summed E-state index contributed by atoms with van der Waals surface area (Å²) in [4.78, 5) is 38.1. The molecule has 0 amide bonds. The number of carbonyl (C=O) groups excluding carboxylic acids is 3. The number of rotatable bonds is 55. The first-order valence-electron chi connectivity index (χ1n) is 29.8. The summed E-state index contributed by atoms with van der Waals surface area (Å²) in [7, 11) is 0. The van der Waals surface area contributed by atoms with Crippen LogP contribution in [0.4, 0.5) is 0 Å². The molecular formula is C61H114O6. The summed E-state index contributed by atoms with van der Waals surface area (Å²) in [6.45, 7) is 6.66. The second kappa shape index (κ2) is 56.5. The average Bonchev–Trinajstić information content (AvgIpc) is 3.33. The molecule has 0 saturated carbocycles. The fourth-order valence-corrected chi connectivity index (χ4v) is 8.95. The van der Waals surface area contributed by atoms with Gasteiger partial charge in [0.15, 0.2) is 6.10 Å². The minimum atomic E-state index is -0.767. The summed E-state index contributed by atoms with van der Waals surface area (Å²) in [5, 5.41) is 0. The van der Waals surface area contributed by atoms with E-state index in [4.69, 9.17) is 14.2 Å². The van der Waals surface area contributed by atoms with Gasteiger partial charge in [0.1, 0.15) is 13.2 Å². The highest BCUT2D eigenvalue weighted by Crippen LogP contribution is 2.17. The van der Waals surface area contributed by atoms with Crippen molar-refractivity contribution in [2.24, 2.45) is 0 Å². The van der Waals surface area contributed by atoms with Crippen molar-refractivity contribution in [3.05, 3.63) is 24.3 Å². The third-order valence-corrected chi connectivity index (χ3v) is 13.5. The lowest BCUT2D eigenvalue weighted by atomic mass is 10.0. The molecule has 0 heterocycles.